The smallest absolute Gasteiger partial charge is 0.0287 e. The summed E-state index contributed by atoms with van der Waals surface area (Å²) >= 11 is 0. The van der Waals surface area contributed by atoms with Crippen molar-refractivity contribution in [3.63, 3.8) is 0 Å². The van der Waals surface area contributed by atoms with Crippen molar-refractivity contribution in [2.45, 2.75) is 59.4 Å². The second-order valence-electron chi connectivity index (χ2n) is 5.86. The van der Waals surface area contributed by atoms with Crippen LogP contribution in [-0.2, 0) is 0 Å². The lowest BCUT2D eigenvalue weighted by molar-refractivity contribution is 0.192. The summed E-state index contributed by atoms with van der Waals surface area (Å²) < 4.78 is 0. The van der Waals surface area contributed by atoms with Crippen molar-refractivity contribution in [2.24, 2.45) is 23.1 Å². The summed E-state index contributed by atoms with van der Waals surface area (Å²) in [6.45, 7) is 9.12. The van der Waals surface area contributed by atoms with Gasteiger partial charge in [0.05, 0.1) is 0 Å². The standard InChI is InChI=1S/C12H26N2/c1-5-9-6-7-10(8-9)11(14-13)12(2,3)4/h9-11,14H,5-8,13H2,1-4H3. The Kier molecular flexibility index (Phi) is 3.96. The fourth-order valence-corrected chi connectivity index (χ4v) is 2.88. The predicted molar refractivity (Wildman–Crippen MR) is 61.7 cm³/mol. The second-order valence-corrected chi connectivity index (χ2v) is 5.86. The Balaban J connectivity index is 2.55. The van der Waals surface area contributed by atoms with E-state index in [4.69, 9.17) is 5.84 Å². The van der Waals surface area contributed by atoms with E-state index in [0.717, 1.165) is 11.8 Å². The van der Waals surface area contributed by atoms with Crippen LogP contribution >= 0.6 is 0 Å². The summed E-state index contributed by atoms with van der Waals surface area (Å²) in [5, 5.41) is 0. The molecule has 1 aliphatic rings. The highest BCUT2D eigenvalue weighted by Crippen LogP contribution is 2.39. The molecule has 2 nitrogen and oxygen atoms in total. The van der Waals surface area contributed by atoms with Gasteiger partial charge in [0.1, 0.15) is 0 Å². The van der Waals surface area contributed by atoms with Crippen molar-refractivity contribution in [1.29, 1.82) is 0 Å². The molecule has 0 aromatic heterocycles. The Hall–Kier alpha value is -0.0800. The van der Waals surface area contributed by atoms with Crippen molar-refractivity contribution >= 4 is 0 Å². The van der Waals surface area contributed by atoms with Crippen LogP contribution in [0, 0.1) is 17.3 Å². The summed E-state index contributed by atoms with van der Waals surface area (Å²) in [4.78, 5) is 0. The SMILES string of the molecule is CCC1CCC(C(NN)C(C)(C)C)C1. The van der Waals surface area contributed by atoms with Gasteiger partial charge >= 0.3 is 0 Å². The van der Waals surface area contributed by atoms with Crippen LogP contribution in [0.15, 0.2) is 0 Å². The molecule has 0 bridgehead atoms. The van der Waals surface area contributed by atoms with E-state index in [9.17, 15) is 0 Å². The van der Waals surface area contributed by atoms with Crippen molar-refractivity contribution < 1.29 is 0 Å². The maximum absolute atomic E-state index is 5.68. The van der Waals surface area contributed by atoms with Gasteiger partial charge < -0.3 is 0 Å². The fourth-order valence-electron chi connectivity index (χ4n) is 2.88. The zero-order valence-electron chi connectivity index (χ0n) is 10.1. The average molecular weight is 198 g/mol. The van der Waals surface area contributed by atoms with E-state index in [1.165, 1.54) is 25.7 Å². The molecular formula is C12H26N2. The number of nitrogens with two attached hydrogens (primary N) is 1. The monoisotopic (exact) mass is 198 g/mol. The molecule has 0 aliphatic heterocycles. The van der Waals surface area contributed by atoms with Crippen molar-refractivity contribution in [3.8, 4) is 0 Å². The van der Waals surface area contributed by atoms with Crippen LogP contribution in [-0.4, -0.2) is 6.04 Å². The van der Waals surface area contributed by atoms with Gasteiger partial charge in [0.25, 0.3) is 0 Å². The minimum Gasteiger partial charge on any atom is -0.271 e. The normalized spacial score (nSPS) is 30.6. The van der Waals surface area contributed by atoms with Gasteiger partial charge in [-0.2, -0.15) is 0 Å². The third-order valence-corrected chi connectivity index (χ3v) is 3.74. The topological polar surface area (TPSA) is 38.0 Å². The van der Waals surface area contributed by atoms with Gasteiger partial charge in [-0.15, -0.1) is 0 Å². The van der Waals surface area contributed by atoms with Crippen LogP contribution in [0.1, 0.15) is 53.4 Å². The molecule has 1 rings (SSSR count). The molecule has 1 saturated carbocycles. The molecule has 0 aromatic carbocycles. The average Bonchev–Trinajstić information content (AvgIpc) is 2.51. The minimum atomic E-state index is 0.280. The van der Waals surface area contributed by atoms with Crippen LogP contribution in [0.4, 0.5) is 0 Å². The van der Waals surface area contributed by atoms with Gasteiger partial charge in [0.15, 0.2) is 0 Å². The number of hydrazine groups is 1. The van der Waals surface area contributed by atoms with Crippen LogP contribution in [0.5, 0.6) is 0 Å². The molecule has 2 heteroatoms. The van der Waals surface area contributed by atoms with Crippen molar-refractivity contribution in [2.75, 3.05) is 0 Å². The molecule has 3 unspecified atom stereocenters. The van der Waals surface area contributed by atoms with Crippen LogP contribution in [0.3, 0.4) is 0 Å². The number of nitrogens with one attached hydrogen (secondary N) is 1. The zero-order valence-corrected chi connectivity index (χ0v) is 10.1. The van der Waals surface area contributed by atoms with E-state index in [0.29, 0.717) is 6.04 Å². The summed E-state index contributed by atoms with van der Waals surface area (Å²) in [5.41, 5.74) is 3.31. The Bertz CT molecular complexity index is 172. The first kappa shape index (κ1) is 12.0. The molecule has 3 atom stereocenters. The first-order chi connectivity index (χ1) is 6.49. The zero-order chi connectivity index (χ0) is 10.8. The van der Waals surface area contributed by atoms with E-state index in [1.807, 2.05) is 0 Å². The quantitative estimate of drug-likeness (QED) is 0.540. The maximum Gasteiger partial charge on any atom is 0.0287 e. The van der Waals surface area contributed by atoms with E-state index in [1.54, 1.807) is 0 Å². The Morgan fingerprint density at radius 1 is 1.36 bits per heavy atom. The molecule has 1 aliphatic carbocycles. The summed E-state index contributed by atoms with van der Waals surface area (Å²) in [7, 11) is 0. The van der Waals surface area contributed by atoms with Gasteiger partial charge in [0, 0.05) is 6.04 Å². The Morgan fingerprint density at radius 2 is 2.00 bits per heavy atom. The first-order valence-electron chi connectivity index (χ1n) is 5.95. The molecular weight excluding hydrogens is 172 g/mol. The summed E-state index contributed by atoms with van der Waals surface area (Å²) in [6.07, 6.45) is 5.45. The molecule has 14 heavy (non-hydrogen) atoms. The number of hydrogen-bond donors (Lipinski definition) is 2. The second kappa shape index (κ2) is 4.63. The molecule has 0 amide bonds. The van der Waals surface area contributed by atoms with Crippen molar-refractivity contribution in [3.05, 3.63) is 0 Å². The Labute approximate surface area is 88.6 Å². The van der Waals surface area contributed by atoms with Gasteiger partial charge in [-0.1, -0.05) is 40.5 Å². The third-order valence-electron chi connectivity index (χ3n) is 3.74. The molecule has 3 N–H and O–H groups in total. The van der Waals surface area contributed by atoms with E-state index in [-0.39, 0.29) is 5.41 Å². The van der Waals surface area contributed by atoms with Crippen LogP contribution in [0.25, 0.3) is 0 Å². The molecule has 0 saturated heterocycles. The lowest BCUT2D eigenvalue weighted by atomic mass is 9.78. The fraction of sp³-hybridized carbons (Fsp3) is 1.00. The molecule has 0 aromatic rings. The highest BCUT2D eigenvalue weighted by molar-refractivity contribution is 4.89. The highest BCUT2D eigenvalue weighted by Gasteiger charge is 2.35. The molecule has 84 valence electrons. The molecule has 0 radical (unpaired) electrons. The first-order valence-corrected chi connectivity index (χ1v) is 5.95. The number of hydrogen-bond acceptors (Lipinski definition) is 2. The van der Waals surface area contributed by atoms with Gasteiger partial charge in [-0.05, 0) is 30.1 Å². The summed E-state index contributed by atoms with van der Waals surface area (Å²) in [6, 6.07) is 0.471. The molecule has 0 heterocycles. The lowest BCUT2D eigenvalue weighted by Crippen LogP contribution is -2.48. The van der Waals surface area contributed by atoms with E-state index >= 15 is 0 Å². The summed E-state index contributed by atoms with van der Waals surface area (Å²) in [5.74, 6) is 7.40. The lowest BCUT2D eigenvalue weighted by Gasteiger charge is -2.35. The van der Waals surface area contributed by atoms with Crippen molar-refractivity contribution in [1.82, 2.24) is 5.43 Å². The third kappa shape index (κ3) is 2.71. The molecule has 0 spiro atoms. The van der Waals surface area contributed by atoms with E-state index in [2.05, 4.69) is 33.1 Å². The predicted octanol–water partition coefficient (Wildman–Crippen LogP) is 2.69. The minimum absolute atomic E-state index is 0.280. The van der Waals surface area contributed by atoms with Crippen LogP contribution in [0.2, 0.25) is 0 Å². The molecule has 1 fully saturated rings. The van der Waals surface area contributed by atoms with E-state index < -0.39 is 0 Å². The highest BCUT2D eigenvalue weighted by atomic mass is 15.2. The largest absolute Gasteiger partial charge is 0.271 e. The maximum atomic E-state index is 5.68. The van der Waals surface area contributed by atoms with Gasteiger partial charge in [0.2, 0.25) is 0 Å². The van der Waals surface area contributed by atoms with Gasteiger partial charge in [-0.25, -0.2) is 0 Å². The Morgan fingerprint density at radius 3 is 2.36 bits per heavy atom. The van der Waals surface area contributed by atoms with Gasteiger partial charge in [-0.3, -0.25) is 11.3 Å². The van der Waals surface area contributed by atoms with Crippen LogP contribution < -0.4 is 11.3 Å². The number of rotatable bonds is 3.